The summed E-state index contributed by atoms with van der Waals surface area (Å²) in [5.74, 6) is 0.405. The fraction of sp³-hybridized carbons (Fsp3) is 0.682. The van der Waals surface area contributed by atoms with Crippen molar-refractivity contribution in [3.63, 3.8) is 0 Å². The van der Waals surface area contributed by atoms with Crippen molar-refractivity contribution < 1.29 is 9.18 Å². The number of piperidine rings is 1. The van der Waals surface area contributed by atoms with Gasteiger partial charge < -0.3 is 10.2 Å². The number of hydrogen-bond acceptors (Lipinski definition) is 3. The van der Waals surface area contributed by atoms with Gasteiger partial charge >= 0.3 is 0 Å². The maximum atomic E-state index is 14.3. The van der Waals surface area contributed by atoms with Crippen LogP contribution < -0.4 is 5.32 Å². The SMILES string of the molecule is CC(C)N1CCC(CC(=O)NC[C@@H](c2ccccc2F)N2CCCC2)CC1. The highest BCUT2D eigenvalue weighted by atomic mass is 19.1. The number of rotatable bonds is 7. The Morgan fingerprint density at radius 3 is 2.41 bits per heavy atom. The molecule has 1 N–H and O–H groups in total. The summed E-state index contributed by atoms with van der Waals surface area (Å²) < 4.78 is 14.3. The van der Waals surface area contributed by atoms with Crippen LogP contribution in [0.25, 0.3) is 0 Å². The Kier molecular flexibility index (Phi) is 7.25. The number of carbonyl (C=O) groups is 1. The van der Waals surface area contributed by atoms with Gasteiger partial charge in [-0.2, -0.15) is 0 Å². The standard InChI is InChI=1S/C22H34FN3O/c1-17(2)25-13-9-18(10-14-25)15-22(27)24-16-21(26-11-5-6-12-26)19-7-3-4-8-20(19)23/h3-4,7-8,17-18,21H,5-6,9-16H2,1-2H3,(H,24,27)/t21-/m0/s1. The van der Waals surface area contributed by atoms with Gasteiger partial charge in [0.15, 0.2) is 0 Å². The average Bonchev–Trinajstić information content (AvgIpc) is 3.18. The van der Waals surface area contributed by atoms with E-state index in [9.17, 15) is 9.18 Å². The third-order valence-electron chi connectivity index (χ3n) is 6.19. The van der Waals surface area contributed by atoms with E-state index in [4.69, 9.17) is 0 Å². The zero-order chi connectivity index (χ0) is 19.2. The maximum Gasteiger partial charge on any atom is 0.220 e. The molecule has 1 aromatic carbocycles. The Morgan fingerprint density at radius 1 is 1.11 bits per heavy atom. The van der Waals surface area contributed by atoms with Crippen molar-refractivity contribution >= 4 is 5.91 Å². The molecule has 3 rings (SSSR count). The van der Waals surface area contributed by atoms with Gasteiger partial charge in [0, 0.05) is 24.6 Å². The van der Waals surface area contributed by atoms with Gasteiger partial charge in [0.25, 0.3) is 0 Å². The molecule has 0 saturated carbocycles. The number of nitrogens with one attached hydrogen (secondary N) is 1. The molecule has 27 heavy (non-hydrogen) atoms. The van der Waals surface area contributed by atoms with E-state index in [0.29, 0.717) is 30.5 Å². The van der Waals surface area contributed by atoms with Crippen molar-refractivity contribution in [2.75, 3.05) is 32.7 Å². The van der Waals surface area contributed by atoms with Gasteiger partial charge in [0.05, 0.1) is 6.04 Å². The molecule has 1 amide bonds. The van der Waals surface area contributed by atoms with Crippen molar-refractivity contribution in [2.24, 2.45) is 5.92 Å². The van der Waals surface area contributed by atoms with Gasteiger partial charge in [-0.25, -0.2) is 4.39 Å². The lowest BCUT2D eigenvalue weighted by Gasteiger charge is -2.34. The molecule has 2 aliphatic heterocycles. The summed E-state index contributed by atoms with van der Waals surface area (Å²) in [4.78, 5) is 17.3. The first kappa shape index (κ1) is 20.3. The summed E-state index contributed by atoms with van der Waals surface area (Å²) in [7, 11) is 0. The van der Waals surface area contributed by atoms with Crippen LogP contribution in [0.5, 0.6) is 0 Å². The van der Waals surface area contributed by atoms with Gasteiger partial charge in [-0.05, 0) is 77.7 Å². The number of amides is 1. The predicted octanol–water partition coefficient (Wildman–Crippen LogP) is 3.59. The molecule has 4 nitrogen and oxygen atoms in total. The van der Waals surface area contributed by atoms with Crippen molar-refractivity contribution in [2.45, 2.75) is 58.0 Å². The van der Waals surface area contributed by atoms with E-state index in [1.54, 1.807) is 6.07 Å². The Morgan fingerprint density at radius 2 is 1.78 bits per heavy atom. The molecular weight excluding hydrogens is 341 g/mol. The zero-order valence-corrected chi connectivity index (χ0v) is 16.8. The molecule has 0 radical (unpaired) electrons. The maximum absolute atomic E-state index is 14.3. The Bertz CT molecular complexity index is 607. The van der Waals surface area contributed by atoms with Crippen molar-refractivity contribution in [3.8, 4) is 0 Å². The highest BCUT2D eigenvalue weighted by molar-refractivity contribution is 5.76. The monoisotopic (exact) mass is 375 g/mol. The molecule has 0 bridgehead atoms. The minimum atomic E-state index is -0.176. The lowest BCUT2D eigenvalue weighted by atomic mass is 9.92. The first-order chi connectivity index (χ1) is 13.0. The fourth-order valence-corrected chi connectivity index (χ4v) is 4.45. The zero-order valence-electron chi connectivity index (χ0n) is 16.8. The average molecular weight is 376 g/mol. The van der Waals surface area contributed by atoms with Crippen molar-refractivity contribution in [3.05, 3.63) is 35.6 Å². The second-order valence-electron chi connectivity index (χ2n) is 8.36. The molecule has 0 aliphatic carbocycles. The van der Waals surface area contributed by atoms with E-state index in [-0.39, 0.29) is 17.8 Å². The van der Waals surface area contributed by atoms with Crippen LogP contribution in [-0.2, 0) is 4.79 Å². The molecule has 2 saturated heterocycles. The number of benzene rings is 1. The van der Waals surface area contributed by atoms with Gasteiger partial charge in [0.1, 0.15) is 5.82 Å². The van der Waals surface area contributed by atoms with Crippen LogP contribution in [0.2, 0.25) is 0 Å². The van der Waals surface area contributed by atoms with Gasteiger partial charge in [-0.1, -0.05) is 18.2 Å². The molecule has 2 heterocycles. The Labute approximate surface area is 163 Å². The smallest absolute Gasteiger partial charge is 0.220 e. The van der Waals surface area contributed by atoms with E-state index in [1.807, 2.05) is 12.1 Å². The van der Waals surface area contributed by atoms with Crippen LogP contribution >= 0.6 is 0 Å². The Hall–Kier alpha value is -1.46. The lowest BCUT2D eigenvalue weighted by Crippen LogP contribution is -2.41. The number of likely N-dealkylation sites (tertiary alicyclic amines) is 2. The van der Waals surface area contributed by atoms with E-state index in [2.05, 4.69) is 29.0 Å². The molecule has 150 valence electrons. The molecule has 0 unspecified atom stereocenters. The van der Waals surface area contributed by atoms with Gasteiger partial charge in [-0.3, -0.25) is 9.69 Å². The summed E-state index contributed by atoms with van der Waals surface area (Å²) in [6, 6.07) is 7.49. The highest BCUT2D eigenvalue weighted by Crippen LogP contribution is 2.27. The van der Waals surface area contributed by atoms with Crippen LogP contribution in [0.15, 0.2) is 24.3 Å². The van der Waals surface area contributed by atoms with E-state index >= 15 is 0 Å². The minimum absolute atomic E-state index is 0.0690. The first-order valence-electron chi connectivity index (χ1n) is 10.5. The third kappa shape index (κ3) is 5.52. The summed E-state index contributed by atoms with van der Waals surface area (Å²) in [6.07, 6.45) is 5.07. The second kappa shape index (κ2) is 9.65. The predicted molar refractivity (Wildman–Crippen MR) is 107 cm³/mol. The fourth-order valence-electron chi connectivity index (χ4n) is 4.45. The summed E-state index contributed by atoms with van der Waals surface area (Å²) >= 11 is 0. The topological polar surface area (TPSA) is 35.6 Å². The normalized spacial score (nSPS) is 20.9. The summed E-state index contributed by atoms with van der Waals surface area (Å²) in [5.41, 5.74) is 0.699. The third-order valence-corrected chi connectivity index (χ3v) is 6.19. The largest absolute Gasteiger partial charge is 0.354 e. The molecule has 1 aromatic rings. The summed E-state index contributed by atoms with van der Waals surface area (Å²) in [6.45, 7) is 9.07. The molecule has 2 fully saturated rings. The second-order valence-corrected chi connectivity index (χ2v) is 8.36. The van der Waals surface area contributed by atoms with Crippen LogP contribution in [-0.4, -0.2) is 54.5 Å². The number of carbonyl (C=O) groups excluding carboxylic acids is 1. The highest BCUT2D eigenvalue weighted by Gasteiger charge is 2.27. The molecule has 0 aromatic heterocycles. The molecular formula is C22H34FN3O. The quantitative estimate of drug-likeness (QED) is 0.791. The van der Waals surface area contributed by atoms with Gasteiger partial charge in [0.2, 0.25) is 5.91 Å². The molecule has 0 spiro atoms. The molecule has 1 atom stereocenters. The van der Waals surface area contributed by atoms with Gasteiger partial charge in [-0.15, -0.1) is 0 Å². The summed E-state index contributed by atoms with van der Waals surface area (Å²) in [5, 5.41) is 3.11. The molecule has 2 aliphatic rings. The van der Waals surface area contributed by atoms with E-state index in [1.165, 1.54) is 6.07 Å². The molecule has 5 heteroatoms. The lowest BCUT2D eigenvalue weighted by molar-refractivity contribution is -0.122. The van der Waals surface area contributed by atoms with E-state index < -0.39 is 0 Å². The minimum Gasteiger partial charge on any atom is -0.354 e. The van der Waals surface area contributed by atoms with E-state index in [0.717, 1.165) is 51.9 Å². The number of nitrogens with zero attached hydrogens (tertiary/aromatic N) is 2. The van der Waals surface area contributed by atoms with Crippen LogP contribution in [0.3, 0.4) is 0 Å². The van der Waals surface area contributed by atoms with Crippen LogP contribution in [0.1, 0.15) is 57.6 Å². The number of hydrogen-bond donors (Lipinski definition) is 1. The Balaban J connectivity index is 1.53. The first-order valence-corrected chi connectivity index (χ1v) is 10.5. The van der Waals surface area contributed by atoms with Crippen molar-refractivity contribution in [1.82, 2.24) is 15.1 Å². The van der Waals surface area contributed by atoms with Crippen LogP contribution in [0, 0.1) is 11.7 Å². The number of halogens is 1. The van der Waals surface area contributed by atoms with Crippen LogP contribution in [0.4, 0.5) is 4.39 Å². The van der Waals surface area contributed by atoms with Crippen molar-refractivity contribution in [1.29, 1.82) is 0 Å².